The van der Waals surface area contributed by atoms with E-state index in [0.717, 1.165) is 12.1 Å². The van der Waals surface area contributed by atoms with Gasteiger partial charge in [-0.15, -0.1) is 0 Å². The SMILES string of the molecule is CCC(C)OC(=S)Nc1ccc(C)cc1C. The van der Waals surface area contributed by atoms with E-state index in [2.05, 4.69) is 38.2 Å². The molecule has 1 aromatic rings. The minimum Gasteiger partial charge on any atom is -0.468 e. The van der Waals surface area contributed by atoms with E-state index >= 15 is 0 Å². The van der Waals surface area contributed by atoms with Gasteiger partial charge in [-0.2, -0.15) is 0 Å². The fourth-order valence-electron chi connectivity index (χ4n) is 1.36. The van der Waals surface area contributed by atoms with Gasteiger partial charge in [-0.25, -0.2) is 0 Å². The number of aryl methyl sites for hydroxylation is 2. The summed E-state index contributed by atoms with van der Waals surface area (Å²) >= 11 is 5.14. The Kier molecular flexibility index (Phi) is 4.74. The van der Waals surface area contributed by atoms with Gasteiger partial charge in [0.1, 0.15) is 0 Å². The van der Waals surface area contributed by atoms with Crippen LogP contribution >= 0.6 is 12.2 Å². The predicted octanol–water partition coefficient (Wildman–Crippen LogP) is 3.82. The van der Waals surface area contributed by atoms with Crippen molar-refractivity contribution in [3.8, 4) is 0 Å². The van der Waals surface area contributed by atoms with Crippen LogP contribution in [-0.2, 0) is 4.74 Å². The highest BCUT2D eigenvalue weighted by Crippen LogP contribution is 2.16. The molecule has 0 aliphatic heterocycles. The Morgan fingerprint density at radius 2 is 2.12 bits per heavy atom. The molecular formula is C13H19NOS. The first-order valence-corrected chi connectivity index (χ1v) is 5.98. The van der Waals surface area contributed by atoms with Crippen LogP contribution in [0.4, 0.5) is 5.69 Å². The third kappa shape index (κ3) is 3.81. The molecule has 1 aromatic carbocycles. The number of hydrogen-bond donors (Lipinski definition) is 1. The lowest BCUT2D eigenvalue weighted by Gasteiger charge is -2.15. The Labute approximate surface area is 103 Å². The lowest BCUT2D eigenvalue weighted by atomic mass is 10.1. The van der Waals surface area contributed by atoms with E-state index in [0.29, 0.717) is 5.17 Å². The zero-order valence-corrected chi connectivity index (χ0v) is 11.1. The van der Waals surface area contributed by atoms with Gasteiger partial charge in [-0.05, 0) is 51.0 Å². The maximum atomic E-state index is 5.51. The molecule has 0 aromatic heterocycles. The third-order valence-electron chi connectivity index (χ3n) is 2.50. The van der Waals surface area contributed by atoms with Crippen LogP contribution in [0.1, 0.15) is 31.4 Å². The van der Waals surface area contributed by atoms with Gasteiger partial charge in [0.05, 0.1) is 6.10 Å². The average molecular weight is 237 g/mol. The molecule has 1 unspecified atom stereocenters. The molecule has 88 valence electrons. The number of rotatable bonds is 3. The first kappa shape index (κ1) is 13.0. The summed E-state index contributed by atoms with van der Waals surface area (Å²) in [6.07, 6.45) is 1.11. The van der Waals surface area contributed by atoms with Gasteiger partial charge in [0.25, 0.3) is 5.17 Å². The molecule has 0 spiro atoms. The molecule has 0 aliphatic carbocycles. The number of anilines is 1. The van der Waals surface area contributed by atoms with Crippen molar-refractivity contribution in [2.75, 3.05) is 5.32 Å². The van der Waals surface area contributed by atoms with Crippen LogP contribution in [0.25, 0.3) is 0 Å². The molecule has 0 fully saturated rings. The van der Waals surface area contributed by atoms with Gasteiger partial charge in [-0.1, -0.05) is 24.6 Å². The topological polar surface area (TPSA) is 21.3 Å². The van der Waals surface area contributed by atoms with Crippen LogP contribution in [0.5, 0.6) is 0 Å². The van der Waals surface area contributed by atoms with Gasteiger partial charge < -0.3 is 10.1 Å². The summed E-state index contributed by atoms with van der Waals surface area (Å²) in [6, 6.07) is 6.20. The highest BCUT2D eigenvalue weighted by molar-refractivity contribution is 7.80. The van der Waals surface area contributed by atoms with Crippen molar-refractivity contribution in [1.82, 2.24) is 0 Å². The van der Waals surface area contributed by atoms with E-state index in [1.165, 1.54) is 11.1 Å². The largest absolute Gasteiger partial charge is 0.468 e. The zero-order valence-electron chi connectivity index (χ0n) is 10.3. The standard InChI is InChI=1S/C13H19NOS/c1-5-11(4)15-13(16)14-12-7-6-9(2)8-10(12)3/h6-8,11H,5H2,1-4H3,(H,14,16). The Balaban J connectivity index is 2.63. The molecule has 0 aliphatic rings. The van der Waals surface area contributed by atoms with Crippen molar-refractivity contribution < 1.29 is 4.74 Å². The monoisotopic (exact) mass is 237 g/mol. The molecular weight excluding hydrogens is 218 g/mol. The molecule has 0 saturated carbocycles. The van der Waals surface area contributed by atoms with Crippen LogP contribution in [0, 0.1) is 13.8 Å². The van der Waals surface area contributed by atoms with Crippen LogP contribution in [0.2, 0.25) is 0 Å². The number of nitrogens with one attached hydrogen (secondary N) is 1. The molecule has 3 heteroatoms. The summed E-state index contributed by atoms with van der Waals surface area (Å²) in [6.45, 7) is 8.21. The van der Waals surface area contributed by atoms with Crippen molar-refractivity contribution in [2.45, 2.75) is 40.2 Å². The Hall–Kier alpha value is -1.09. The molecule has 0 heterocycles. The Morgan fingerprint density at radius 3 is 2.69 bits per heavy atom. The van der Waals surface area contributed by atoms with Crippen molar-refractivity contribution in [3.05, 3.63) is 29.3 Å². The molecule has 2 nitrogen and oxygen atoms in total. The highest BCUT2D eigenvalue weighted by atomic mass is 32.1. The summed E-state index contributed by atoms with van der Waals surface area (Å²) in [5.41, 5.74) is 3.44. The van der Waals surface area contributed by atoms with Crippen LogP contribution in [0.15, 0.2) is 18.2 Å². The second-order valence-corrected chi connectivity index (χ2v) is 4.44. The van der Waals surface area contributed by atoms with E-state index < -0.39 is 0 Å². The average Bonchev–Trinajstić information content (AvgIpc) is 2.22. The molecule has 0 amide bonds. The van der Waals surface area contributed by atoms with E-state index in [9.17, 15) is 0 Å². The lowest BCUT2D eigenvalue weighted by molar-refractivity contribution is 0.209. The van der Waals surface area contributed by atoms with E-state index in [4.69, 9.17) is 17.0 Å². The summed E-state index contributed by atoms with van der Waals surface area (Å²) in [5.74, 6) is 0. The highest BCUT2D eigenvalue weighted by Gasteiger charge is 2.05. The normalized spacial score (nSPS) is 12.0. The number of ether oxygens (including phenoxy) is 1. The van der Waals surface area contributed by atoms with Crippen molar-refractivity contribution in [2.24, 2.45) is 0 Å². The minimum absolute atomic E-state index is 0.158. The summed E-state index contributed by atoms with van der Waals surface area (Å²) in [4.78, 5) is 0. The van der Waals surface area contributed by atoms with Gasteiger partial charge in [-0.3, -0.25) is 0 Å². The van der Waals surface area contributed by atoms with Crippen LogP contribution in [0.3, 0.4) is 0 Å². The first-order chi connectivity index (χ1) is 7.52. The van der Waals surface area contributed by atoms with Gasteiger partial charge in [0.15, 0.2) is 0 Å². The smallest absolute Gasteiger partial charge is 0.261 e. The Bertz CT molecular complexity index is 376. The molecule has 0 saturated heterocycles. The third-order valence-corrected chi connectivity index (χ3v) is 2.70. The number of benzene rings is 1. The maximum absolute atomic E-state index is 5.51. The quantitative estimate of drug-likeness (QED) is 0.808. The molecule has 1 rings (SSSR count). The second-order valence-electron chi connectivity index (χ2n) is 4.07. The number of hydrogen-bond acceptors (Lipinski definition) is 2. The van der Waals surface area contributed by atoms with Gasteiger partial charge in [0, 0.05) is 5.69 Å². The Morgan fingerprint density at radius 1 is 1.44 bits per heavy atom. The second kappa shape index (κ2) is 5.85. The van der Waals surface area contributed by atoms with Crippen molar-refractivity contribution >= 4 is 23.1 Å². The number of thiocarbonyl (C=S) groups is 1. The zero-order chi connectivity index (χ0) is 12.1. The molecule has 1 N–H and O–H groups in total. The maximum Gasteiger partial charge on any atom is 0.261 e. The fourth-order valence-corrected chi connectivity index (χ4v) is 1.63. The predicted molar refractivity (Wildman–Crippen MR) is 73.0 cm³/mol. The minimum atomic E-state index is 0.158. The molecule has 16 heavy (non-hydrogen) atoms. The van der Waals surface area contributed by atoms with Crippen LogP contribution in [-0.4, -0.2) is 11.3 Å². The lowest BCUT2D eigenvalue weighted by Crippen LogP contribution is -2.19. The summed E-state index contributed by atoms with van der Waals surface area (Å²) in [5, 5.41) is 3.56. The van der Waals surface area contributed by atoms with E-state index in [1.54, 1.807) is 0 Å². The van der Waals surface area contributed by atoms with Gasteiger partial charge >= 0.3 is 0 Å². The molecule has 0 bridgehead atoms. The van der Waals surface area contributed by atoms with Gasteiger partial charge in [0.2, 0.25) is 0 Å². The van der Waals surface area contributed by atoms with E-state index in [-0.39, 0.29) is 6.10 Å². The van der Waals surface area contributed by atoms with E-state index in [1.807, 2.05) is 13.0 Å². The molecule has 1 atom stereocenters. The summed E-state index contributed by atoms with van der Waals surface area (Å²) < 4.78 is 5.51. The van der Waals surface area contributed by atoms with Crippen molar-refractivity contribution in [1.29, 1.82) is 0 Å². The van der Waals surface area contributed by atoms with Crippen molar-refractivity contribution in [3.63, 3.8) is 0 Å². The molecule has 0 radical (unpaired) electrons. The first-order valence-electron chi connectivity index (χ1n) is 5.57. The fraction of sp³-hybridized carbons (Fsp3) is 0.462. The van der Waals surface area contributed by atoms with Crippen LogP contribution < -0.4 is 5.32 Å². The summed E-state index contributed by atoms with van der Waals surface area (Å²) in [7, 11) is 0.